The van der Waals surface area contributed by atoms with Crippen LogP contribution in [0.15, 0.2) is 0 Å². The number of hydrogen-bond acceptors (Lipinski definition) is 18. The summed E-state index contributed by atoms with van der Waals surface area (Å²) in [6, 6.07) is -2.52. The van der Waals surface area contributed by atoms with Crippen LogP contribution in [0.4, 0.5) is 0 Å². The number of rotatable bonds is 39. The van der Waals surface area contributed by atoms with Crippen molar-refractivity contribution in [3.63, 3.8) is 0 Å². The molecule has 0 aromatic rings. The van der Waals surface area contributed by atoms with Crippen molar-refractivity contribution in [2.24, 2.45) is 5.92 Å². The third kappa shape index (κ3) is 26.9. The second-order valence-corrected chi connectivity index (χ2v) is 18.6. The molecule has 71 heavy (non-hydrogen) atoms. The van der Waals surface area contributed by atoms with Crippen LogP contribution in [0.2, 0.25) is 0 Å². The first-order chi connectivity index (χ1) is 34.0. The number of ketones is 1. The number of amides is 5. The smallest absolute Gasteiger partial charge is 0.222 e. The van der Waals surface area contributed by atoms with Crippen molar-refractivity contribution in [3.05, 3.63) is 0 Å². The molecule has 2 heterocycles. The van der Waals surface area contributed by atoms with Gasteiger partial charge >= 0.3 is 0 Å². The van der Waals surface area contributed by atoms with Crippen LogP contribution in [0, 0.1) is 5.92 Å². The Morgan fingerprint density at radius 2 is 0.915 bits per heavy atom. The molecule has 0 aromatic heterocycles. The highest BCUT2D eigenvalue weighted by Gasteiger charge is 2.46. The number of Topliss-reactive ketones (excluding diaryl/α,β-unsaturated/α-hetero) is 1. The average Bonchev–Trinajstić information content (AvgIpc) is 3.32. The van der Waals surface area contributed by atoms with Crippen LogP contribution in [-0.2, 0) is 57.2 Å². The molecule has 2 fully saturated rings. The number of unbranched alkanes of at least 4 members (excludes halogenated alkanes) is 9. The number of ether oxygens (including phenoxy) is 6. The van der Waals surface area contributed by atoms with Crippen LogP contribution in [0.3, 0.4) is 0 Å². The van der Waals surface area contributed by atoms with Crippen LogP contribution >= 0.6 is 0 Å². The van der Waals surface area contributed by atoms with Gasteiger partial charge in [-0.2, -0.15) is 0 Å². The third-order valence-corrected chi connectivity index (χ3v) is 12.0. The molecule has 0 aromatic carbocycles. The quantitative estimate of drug-likeness (QED) is 0.0333. The molecule has 23 nitrogen and oxygen atoms in total. The van der Waals surface area contributed by atoms with Crippen molar-refractivity contribution in [1.29, 1.82) is 0 Å². The Morgan fingerprint density at radius 3 is 1.32 bits per heavy atom. The zero-order valence-corrected chi connectivity index (χ0v) is 42.4. The van der Waals surface area contributed by atoms with Gasteiger partial charge in [0.15, 0.2) is 12.6 Å². The standard InChI is InChI=1S/C48H87N5O18/c1-31(2)35(58)17-11-5-6-12-18-40(61)53-34(29-66-25-19-38(59)49-21-13-7-9-15-23-68-47-41(51-32(3)56)45(64)43(62)36(27-54)70-47)30-67-26-20-39(60)50-22-14-8-10-16-24-69-48-42(52-33(4)57)46(65)44(63)37(28-55)71-48/h31,34,36-37,41-48,54-55,62-65H,5-30H2,1-4H3,(H,49,59)(H,50,60)(H,51,56)(H,52,57)(H,53,61). The molecule has 0 saturated carbocycles. The predicted molar refractivity (Wildman–Crippen MR) is 256 cm³/mol. The predicted octanol–water partition coefficient (Wildman–Crippen LogP) is -0.876. The molecule has 2 aliphatic rings. The number of aliphatic hydroxyl groups is 6. The number of carbonyl (C=O) groups excluding carboxylic acids is 6. The van der Waals surface area contributed by atoms with Crippen LogP contribution in [-0.4, -0.2) is 199 Å². The molecule has 10 unspecified atom stereocenters. The van der Waals surface area contributed by atoms with Gasteiger partial charge in [0.25, 0.3) is 0 Å². The molecular weight excluding hydrogens is 935 g/mol. The van der Waals surface area contributed by atoms with E-state index in [1.54, 1.807) is 0 Å². The Kier molecular flexibility index (Phi) is 33.4. The Labute approximate surface area is 418 Å². The summed E-state index contributed by atoms with van der Waals surface area (Å²) in [7, 11) is 0. The molecule has 2 saturated heterocycles. The lowest BCUT2D eigenvalue weighted by Crippen LogP contribution is -2.64. The van der Waals surface area contributed by atoms with E-state index in [-0.39, 0.29) is 81.9 Å². The van der Waals surface area contributed by atoms with Crippen molar-refractivity contribution in [3.8, 4) is 0 Å². The van der Waals surface area contributed by atoms with Crippen LogP contribution < -0.4 is 26.6 Å². The van der Waals surface area contributed by atoms with Crippen molar-refractivity contribution in [2.75, 3.05) is 65.9 Å². The summed E-state index contributed by atoms with van der Waals surface area (Å²) in [5.41, 5.74) is 0. The van der Waals surface area contributed by atoms with Gasteiger partial charge in [-0.05, 0) is 38.5 Å². The van der Waals surface area contributed by atoms with E-state index in [1.807, 2.05) is 13.8 Å². The summed E-state index contributed by atoms with van der Waals surface area (Å²) >= 11 is 0. The highest BCUT2D eigenvalue weighted by molar-refractivity contribution is 5.80. The molecule has 2 aliphatic heterocycles. The maximum absolute atomic E-state index is 12.8. The minimum Gasteiger partial charge on any atom is -0.394 e. The zero-order chi connectivity index (χ0) is 52.6. The van der Waals surface area contributed by atoms with Gasteiger partial charge < -0.3 is 85.6 Å². The SMILES string of the molecule is CC(=O)NC1C(OCCCCCCNC(=O)CCOCC(COCCC(=O)NCCCCCCOC2OC(CO)C(O)C(O)C2NC(C)=O)NC(=O)CCCCCCC(=O)C(C)C)OC(CO)C(O)C1O. The molecule has 0 spiro atoms. The Morgan fingerprint density at radius 1 is 0.507 bits per heavy atom. The minimum absolute atomic E-state index is 0.0149. The van der Waals surface area contributed by atoms with Crippen LogP contribution in [0.25, 0.3) is 0 Å². The first kappa shape index (κ1) is 63.7. The number of aliphatic hydroxyl groups excluding tert-OH is 6. The van der Waals surface area contributed by atoms with Crippen molar-refractivity contribution >= 4 is 35.3 Å². The van der Waals surface area contributed by atoms with Gasteiger partial charge in [-0.15, -0.1) is 0 Å². The van der Waals surface area contributed by atoms with E-state index in [0.717, 1.165) is 44.9 Å². The minimum atomic E-state index is -1.39. The topological polar surface area (TPSA) is 339 Å². The lowest BCUT2D eigenvalue weighted by molar-refractivity contribution is -0.270. The summed E-state index contributed by atoms with van der Waals surface area (Å²) in [6.45, 7) is 7.05. The molecule has 0 bridgehead atoms. The maximum Gasteiger partial charge on any atom is 0.222 e. The van der Waals surface area contributed by atoms with Crippen molar-refractivity contribution in [1.82, 2.24) is 26.6 Å². The summed E-state index contributed by atoms with van der Waals surface area (Å²) in [5.74, 6) is -1.18. The maximum atomic E-state index is 12.8. The van der Waals surface area contributed by atoms with Gasteiger partial charge in [-0.1, -0.05) is 52.4 Å². The molecule has 2 rings (SSSR count). The van der Waals surface area contributed by atoms with Gasteiger partial charge in [-0.25, -0.2) is 0 Å². The lowest BCUT2D eigenvalue weighted by atomic mass is 9.97. The summed E-state index contributed by atoms with van der Waals surface area (Å²) < 4.78 is 34.1. The van der Waals surface area contributed by atoms with Gasteiger partial charge in [0.1, 0.15) is 54.5 Å². The molecular formula is C48H87N5O18. The van der Waals surface area contributed by atoms with Gasteiger partial charge in [0.05, 0.1) is 45.7 Å². The van der Waals surface area contributed by atoms with E-state index in [2.05, 4.69) is 26.6 Å². The van der Waals surface area contributed by atoms with Crippen molar-refractivity contribution in [2.45, 2.75) is 198 Å². The van der Waals surface area contributed by atoms with Crippen molar-refractivity contribution < 1.29 is 87.8 Å². The summed E-state index contributed by atoms with van der Waals surface area (Å²) in [4.78, 5) is 73.0. The molecule has 0 radical (unpaired) electrons. The Bertz CT molecular complexity index is 1450. The molecule has 5 amide bonds. The fourth-order valence-electron chi connectivity index (χ4n) is 7.86. The number of hydrogen-bond donors (Lipinski definition) is 11. The van der Waals surface area contributed by atoms with E-state index < -0.39 is 92.4 Å². The highest BCUT2D eigenvalue weighted by Crippen LogP contribution is 2.24. The fraction of sp³-hybridized carbons (Fsp3) is 0.875. The van der Waals surface area contributed by atoms with E-state index >= 15 is 0 Å². The largest absolute Gasteiger partial charge is 0.394 e. The van der Waals surface area contributed by atoms with E-state index in [1.165, 1.54) is 13.8 Å². The Hall–Kier alpha value is -3.46. The normalized spacial score (nSPS) is 24.8. The molecule has 10 atom stereocenters. The highest BCUT2D eigenvalue weighted by atomic mass is 16.7. The second kappa shape index (κ2) is 37.3. The molecule has 11 N–H and O–H groups in total. The van der Waals surface area contributed by atoms with Gasteiger partial charge in [0, 0.05) is 71.8 Å². The number of nitrogens with one attached hydrogen (secondary N) is 5. The molecule has 0 aliphatic carbocycles. The summed E-state index contributed by atoms with van der Waals surface area (Å²) in [6.07, 6.45) is 0.221. The third-order valence-electron chi connectivity index (χ3n) is 12.0. The van der Waals surface area contributed by atoms with E-state index in [0.29, 0.717) is 58.0 Å². The molecule has 23 heteroatoms. The first-order valence-electron chi connectivity index (χ1n) is 25.5. The fourth-order valence-corrected chi connectivity index (χ4v) is 7.86. The Balaban J connectivity index is 1.66. The van der Waals surface area contributed by atoms with Crippen LogP contribution in [0.5, 0.6) is 0 Å². The van der Waals surface area contributed by atoms with E-state index in [9.17, 15) is 59.4 Å². The average molecular weight is 1020 g/mol. The molecule has 412 valence electrons. The first-order valence-corrected chi connectivity index (χ1v) is 25.5. The van der Waals surface area contributed by atoms with Gasteiger partial charge in [-0.3, -0.25) is 28.8 Å². The van der Waals surface area contributed by atoms with E-state index in [4.69, 9.17) is 28.4 Å². The zero-order valence-electron chi connectivity index (χ0n) is 42.4. The lowest BCUT2D eigenvalue weighted by Gasteiger charge is -2.42. The monoisotopic (exact) mass is 1020 g/mol. The summed E-state index contributed by atoms with van der Waals surface area (Å²) in [5, 5.41) is 73.8. The second-order valence-electron chi connectivity index (χ2n) is 18.6. The van der Waals surface area contributed by atoms with Gasteiger partial charge in [0.2, 0.25) is 29.5 Å². The van der Waals surface area contributed by atoms with Crippen LogP contribution in [0.1, 0.15) is 130 Å². The number of carbonyl (C=O) groups is 6.